The first-order chi connectivity index (χ1) is 7.67. The van der Waals surface area contributed by atoms with E-state index in [2.05, 4.69) is 32.4 Å². The molecule has 0 saturated heterocycles. The number of rotatable bonds is 9. The number of hydrogen-bond donors (Lipinski definition) is 0. The molecule has 0 fully saturated rings. The second kappa shape index (κ2) is 9.22. The number of nitrogens with zero attached hydrogens (tertiary/aromatic N) is 1. The van der Waals surface area contributed by atoms with E-state index in [1.807, 2.05) is 0 Å². The first-order valence-corrected chi connectivity index (χ1v) is 7.71. The SMILES string of the molecule is [B]P=NC(CC)(CC)CCCC(CC)CC. The molecule has 3 heteroatoms. The van der Waals surface area contributed by atoms with Crippen LogP contribution in [0.15, 0.2) is 4.74 Å². The molecule has 0 aliphatic rings. The van der Waals surface area contributed by atoms with Gasteiger partial charge in [0.05, 0.1) is 5.54 Å². The van der Waals surface area contributed by atoms with Crippen LogP contribution in [0.5, 0.6) is 0 Å². The van der Waals surface area contributed by atoms with Crippen LogP contribution in [-0.4, -0.2) is 13.1 Å². The zero-order valence-electron chi connectivity index (χ0n) is 11.5. The van der Waals surface area contributed by atoms with E-state index in [1.165, 1.54) is 32.1 Å². The molecule has 0 spiro atoms. The average molecular weight is 239 g/mol. The molecule has 0 aromatic heterocycles. The minimum atomic E-state index is 0.155. The summed E-state index contributed by atoms with van der Waals surface area (Å²) in [5.41, 5.74) is 0.155. The quantitative estimate of drug-likeness (QED) is 0.379. The van der Waals surface area contributed by atoms with Gasteiger partial charge < -0.3 is 0 Å². The summed E-state index contributed by atoms with van der Waals surface area (Å²) < 4.78 is 4.59. The highest BCUT2D eigenvalue weighted by Gasteiger charge is 2.23. The predicted molar refractivity (Wildman–Crippen MR) is 76.3 cm³/mol. The van der Waals surface area contributed by atoms with Crippen LogP contribution in [0, 0.1) is 5.92 Å². The van der Waals surface area contributed by atoms with E-state index >= 15 is 0 Å². The third kappa shape index (κ3) is 5.48. The Balaban J connectivity index is 4.11. The molecule has 0 saturated carbocycles. The smallest absolute Gasteiger partial charge is 0.178 e. The van der Waals surface area contributed by atoms with E-state index in [0.29, 0.717) is 8.25 Å². The fourth-order valence-corrected chi connectivity index (χ4v) is 2.96. The summed E-state index contributed by atoms with van der Waals surface area (Å²) in [6.45, 7) is 9.05. The average Bonchev–Trinajstić information content (AvgIpc) is 2.33. The Morgan fingerprint density at radius 3 is 2.06 bits per heavy atom. The van der Waals surface area contributed by atoms with Crippen molar-refractivity contribution in [2.45, 2.75) is 78.2 Å². The molecule has 0 bridgehead atoms. The van der Waals surface area contributed by atoms with Crippen LogP contribution in [0.4, 0.5) is 0 Å². The summed E-state index contributed by atoms with van der Waals surface area (Å²) in [6, 6.07) is 0. The minimum Gasteiger partial charge on any atom is -0.275 e. The van der Waals surface area contributed by atoms with Gasteiger partial charge in [-0.2, -0.15) is 0 Å². The van der Waals surface area contributed by atoms with Crippen molar-refractivity contribution in [2.75, 3.05) is 0 Å². The zero-order valence-corrected chi connectivity index (χ0v) is 12.4. The molecule has 0 aromatic carbocycles. The maximum Gasteiger partial charge on any atom is 0.178 e. The summed E-state index contributed by atoms with van der Waals surface area (Å²) in [4.78, 5) is 0. The Kier molecular flexibility index (Phi) is 9.32. The molecular formula is C13H27BNP. The molecule has 0 aliphatic heterocycles. The first kappa shape index (κ1) is 16.2. The van der Waals surface area contributed by atoms with Gasteiger partial charge in [0.2, 0.25) is 0 Å². The van der Waals surface area contributed by atoms with Gasteiger partial charge in [-0.25, -0.2) is 0 Å². The van der Waals surface area contributed by atoms with Crippen molar-refractivity contribution in [3.63, 3.8) is 0 Å². The lowest BCUT2D eigenvalue weighted by Crippen LogP contribution is -2.23. The standard InChI is InChI=1S/C13H27BNP/c1-5-12(6-2)10-9-11-13(7-3,8-4)15-16-14/h12H,5-11H2,1-4H3. The van der Waals surface area contributed by atoms with Crippen LogP contribution in [-0.2, 0) is 0 Å². The Morgan fingerprint density at radius 2 is 1.69 bits per heavy atom. The van der Waals surface area contributed by atoms with Gasteiger partial charge in [-0.3, -0.25) is 4.74 Å². The normalized spacial score (nSPS) is 12.8. The van der Waals surface area contributed by atoms with Gasteiger partial charge in [0, 0.05) is 0 Å². The molecule has 0 unspecified atom stereocenters. The van der Waals surface area contributed by atoms with Crippen molar-refractivity contribution < 1.29 is 0 Å². The van der Waals surface area contributed by atoms with Gasteiger partial charge >= 0.3 is 0 Å². The van der Waals surface area contributed by atoms with Crippen molar-refractivity contribution in [2.24, 2.45) is 10.7 Å². The zero-order chi connectivity index (χ0) is 12.4. The highest BCUT2D eigenvalue weighted by molar-refractivity contribution is 7.57. The van der Waals surface area contributed by atoms with E-state index in [1.54, 1.807) is 0 Å². The lowest BCUT2D eigenvalue weighted by Gasteiger charge is -2.27. The third-order valence-electron chi connectivity index (χ3n) is 4.00. The Hall–Kier alpha value is 0.165. The minimum absolute atomic E-state index is 0.155. The molecule has 16 heavy (non-hydrogen) atoms. The maximum absolute atomic E-state index is 5.56. The van der Waals surface area contributed by atoms with E-state index < -0.39 is 0 Å². The van der Waals surface area contributed by atoms with Gasteiger partial charge in [-0.1, -0.05) is 61.6 Å². The molecule has 0 rings (SSSR count). The monoisotopic (exact) mass is 239 g/mol. The summed E-state index contributed by atoms with van der Waals surface area (Å²) in [5, 5.41) is 0. The fourth-order valence-electron chi connectivity index (χ4n) is 2.33. The molecule has 0 heterocycles. The molecule has 0 amide bonds. The Bertz CT molecular complexity index is 186. The molecular weight excluding hydrogens is 212 g/mol. The maximum atomic E-state index is 5.56. The van der Waals surface area contributed by atoms with Crippen molar-refractivity contribution in [3.05, 3.63) is 0 Å². The van der Waals surface area contributed by atoms with Crippen LogP contribution < -0.4 is 0 Å². The van der Waals surface area contributed by atoms with Crippen molar-refractivity contribution in [3.8, 4) is 0 Å². The van der Waals surface area contributed by atoms with Gasteiger partial charge in [-0.15, -0.1) is 0 Å². The second-order valence-electron chi connectivity index (χ2n) is 4.72. The molecule has 0 N–H and O–H groups in total. The van der Waals surface area contributed by atoms with E-state index in [4.69, 9.17) is 7.57 Å². The Morgan fingerprint density at radius 1 is 1.12 bits per heavy atom. The van der Waals surface area contributed by atoms with Crippen LogP contribution in [0.2, 0.25) is 0 Å². The van der Waals surface area contributed by atoms with Crippen LogP contribution in [0.25, 0.3) is 0 Å². The van der Waals surface area contributed by atoms with E-state index in [-0.39, 0.29) is 5.54 Å². The molecule has 0 aliphatic carbocycles. The molecule has 92 valence electrons. The lowest BCUT2D eigenvalue weighted by atomic mass is 9.86. The third-order valence-corrected chi connectivity index (χ3v) is 4.54. The van der Waals surface area contributed by atoms with Crippen LogP contribution in [0.1, 0.15) is 72.6 Å². The second-order valence-corrected chi connectivity index (χ2v) is 5.15. The van der Waals surface area contributed by atoms with Crippen molar-refractivity contribution in [1.82, 2.24) is 0 Å². The van der Waals surface area contributed by atoms with Crippen molar-refractivity contribution >= 4 is 15.8 Å². The summed E-state index contributed by atoms with van der Waals surface area (Å²) in [7, 11) is 6.26. The predicted octanol–water partition coefficient (Wildman–Crippen LogP) is 5.37. The van der Waals surface area contributed by atoms with Gasteiger partial charge in [0.15, 0.2) is 7.57 Å². The largest absolute Gasteiger partial charge is 0.275 e. The summed E-state index contributed by atoms with van der Waals surface area (Å²) in [5.74, 6) is 0.904. The van der Waals surface area contributed by atoms with Crippen molar-refractivity contribution in [1.29, 1.82) is 0 Å². The van der Waals surface area contributed by atoms with Gasteiger partial charge in [-0.05, 0) is 25.2 Å². The number of hydrogen-bond acceptors (Lipinski definition) is 1. The topological polar surface area (TPSA) is 12.4 Å². The van der Waals surface area contributed by atoms with E-state index in [9.17, 15) is 0 Å². The van der Waals surface area contributed by atoms with Gasteiger partial charge in [0.25, 0.3) is 0 Å². The molecule has 0 aromatic rings. The summed E-state index contributed by atoms with van der Waals surface area (Å²) >= 11 is 0. The summed E-state index contributed by atoms with van der Waals surface area (Å²) in [6.07, 6.45) is 8.73. The van der Waals surface area contributed by atoms with Gasteiger partial charge in [0.1, 0.15) is 0 Å². The lowest BCUT2D eigenvalue weighted by molar-refractivity contribution is 0.335. The fraction of sp³-hybridized carbons (Fsp3) is 1.00. The molecule has 0 atom stereocenters. The van der Waals surface area contributed by atoms with Crippen LogP contribution >= 0.6 is 8.25 Å². The molecule has 2 radical (unpaired) electrons. The highest BCUT2D eigenvalue weighted by atomic mass is 31.1. The molecule has 1 nitrogen and oxygen atoms in total. The Labute approximate surface area is 105 Å². The highest BCUT2D eigenvalue weighted by Crippen LogP contribution is 2.31. The van der Waals surface area contributed by atoms with E-state index in [0.717, 1.165) is 18.8 Å². The first-order valence-electron chi connectivity index (χ1n) is 6.80. The van der Waals surface area contributed by atoms with Crippen LogP contribution in [0.3, 0.4) is 0 Å².